The molecule has 0 saturated carbocycles. The van der Waals surface area contributed by atoms with E-state index in [2.05, 4.69) is 26.0 Å². The topological polar surface area (TPSA) is 77.8 Å². The minimum atomic E-state index is -0.753. The molecule has 0 aromatic rings. The van der Waals surface area contributed by atoms with Crippen molar-refractivity contribution in [1.82, 2.24) is 0 Å². The van der Waals surface area contributed by atoms with Gasteiger partial charge in [0.25, 0.3) is 0 Å². The Balaban J connectivity index is 1.80. The number of aliphatic hydroxyl groups is 3. The molecule has 166 valence electrons. The Kier molecular flexibility index (Phi) is 10.1. The van der Waals surface area contributed by atoms with Gasteiger partial charge in [0, 0.05) is 12.3 Å². The third-order valence-electron chi connectivity index (χ3n) is 7.04. The minimum Gasteiger partial charge on any atom is -0.393 e. The molecule has 0 heterocycles. The first kappa shape index (κ1) is 24.3. The number of hydrogen-bond acceptors (Lipinski definition) is 4. The molecule has 0 saturated heterocycles. The van der Waals surface area contributed by atoms with Crippen LogP contribution in [0.5, 0.6) is 0 Å². The van der Waals surface area contributed by atoms with Crippen molar-refractivity contribution in [2.24, 2.45) is 23.7 Å². The van der Waals surface area contributed by atoms with Gasteiger partial charge in [0.05, 0.1) is 18.3 Å². The zero-order valence-corrected chi connectivity index (χ0v) is 18.6. The summed E-state index contributed by atoms with van der Waals surface area (Å²) in [6, 6.07) is 0. The van der Waals surface area contributed by atoms with Gasteiger partial charge in [0.1, 0.15) is 5.78 Å². The molecule has 3 N–H and O–H groups in total. The predicted molar refractivity (Wildman–Crippen MR) is 117 cm³/mol. The fraction of sp³-hybridized carbons (Fsp3) is 0.800. The predicted octanol–water partition coefficient (Wildman–Crippen LogP) is 4.57. The lowest BCUT2D eigenvalue weighted by Gasteiger charge is -2.38. The molecule has 4 nitrogen and oxygen atoms in total. The smallest absolute Gasteiger partial charge is 0.138 e. The molecule has 29 heavy (non-hydrogen) atoms. The summed E-state index contributed by atoms with van der Waals surface area (Å²) in [6.45, 7) is 6.38. The Labute approximate surface area is 177 Å². The van der Waals surface area contributed by atoms with Crippen LogP contribution in [0.25, 0.3) is 0 Å². The molecule has 0 fully saturated rings. The summed E-state index contributed by atoms with van der Waals surface area (Å²) in [7, 11) is 0. The van der Waals surface area contributed by atoms with Gasteiger partial charge in [-0.2, -0.15) is 0 Å². The van der Waals surface area contributed by atoms with E-state index in [1.807, 2.05) is 13.0 Å². The maximum Gasteiger partial charge on any atom is 0.138 e. The fourth-order valence-electron chi connectivity index (χ4n) is 5.16. The highest BCUT2D eigenvalue weighted by Crippen LogP contribution is 2.42. The lowest BCUT2D eigenvalue weighted by molar-refractivity contribution is -0.125. The zero-order chi connectivity index (χ0) is 21.4. The number of unbranched alkanes of at least 4 members (excludes halogenated alkanes) is 1. The van der Waals surface area contributed by atoms with Crippen molar-refractivity contribution in [3.63, 3.8) is 0 Å². The van der Waals surface area contributed by atoms with Gasteiger partial charge < -0.3 is 15.3 Å². The van der Waals surface area contributed by atoms with Crippen LogP contribution in [0.15, 0.2) is 23.8 Å². The van der Waals surface area contributed by atoms with Gasteiger partial charge in [-0.3, -0.25) is 4.79 Å². The van der Waals surface area contributed by atoms with E-state index in [-0.39, 0.29) is 30.6 Å². The van der Waals surface area contributed by atoms with E-state index in [9.17, 15) is 20.1 Å². The van der Waals surface area contributed by atoms with E-state index in [1.54, 1.807) is 0 Å². The molecule has 0 radical (unpaired) electrons. The van der Waals surface area contributed by atoms with Gasteiger partial charge in [-0.05, 0) is 68.3 Å². The Hall–Kier alpha value is -0.970. The first-order valence-electron chi connectivity index (χ1n) is 11.8. The first-order valence-corrected chi connectivity index (χ1v) is 11.8. The summed E-state index contributed by atoms with van der Waals surface area (Å²) >= 11 is 0. The number of hydrogen-bond donors (Lipinski definition) is 3. The van der Waals surface area contributed by atoms with Crippen molar-refractivity contribution in [2.45, 2.75) is 103 Å². The van der Waals surface area contributed by atoms with Gasteiger partial charge >= 0.3 is 0 Å². The summed E-state index contributed by atoms with van der Waals surface area (Å²) < 4.78 is 0. The molecule has 0 spiro atoms. The average molecular weight is 407 g/mol. The Morgan fingerprint density at radius 1 is 1.17 bits per heavy atom. The lowest BCUT2D eigenvalue weighted by atomic mass is 9.67. The molecule has 2 aliphatic carbocycles. The van der Waals surface area contributed by atoms with Crippen LogP contribution in [0.3, 0.4) is 0 Å². The van der Waals surface area contributed by atoms with Crippen LogP contribution in [0, 0.1) is 23.7 Å². The number of carbonyl (C=O) groups excluding carboxylic acids is 1. The van der Waals surface area contributed by atoms with Crippen LogP contribution >= 0.6 is 0 Å². The third kappa shape index (κ3) is 7.34. The highest BCUT2D eigenvalue weighted by Gasteiger charge is 2.33. The maximum absolute atomic E-state index is 12.4. The van der Waals surface area contributed by atoms with E-state index < -0.39 is 12.2 Å². The van der Waals surface area contributed by atoms with Crippen LogP contribution < -0.4 is 0 Å². The van der Waals surface area contributed by atoms with Crippen molar-refractivity contribution < 1.29 is 20.1 Å². The van der Waals surface area contributed by atoms with E-state index in [0.717, 1.165) is 44.9 Å². The van der Waals surface area contributed by atoms with Crippen molar-refractivity contribution in [3.05, 3.63) is 23.8 Å². The van der Waals surface area contributed by atoms with Gasteiger partial charge in [0.15, 0.2) is 0 Å². The second-order valence-corrected chi connectivity index (χ2v) is 9.34. The first-order chi connectivity index (χ1) is 13.8. The molecule has 7 atom stereocenters. The van der Waals surface area contributed by atoms with Gasteiger partial charge in [0.2, 0.25) is 0 Å². The summed E-state index contributed by atoms with van der Waals surface area (Å²) in [5, 5.41) is 30.7. The Morgan fingerprint density at radius 2 is 1.93 bits per heavy atom. The number of allylic oxidation sites excluding steroid dienone is 3. The second kappa shape index (κ2) is 12.0. The third-order valence-corrected chi connectivity index (χ3v) is 7.04. The number of fused-ring (bicyclic) bond motifs is 1. The van der Waals surface area contributed by atoms with Gasteiger partial charge in [-0.15, -0.1) is 0 Å². The second-order valence-electron chi connectivity index (χ2n) is 9.34. The highest BCUT2D eigenvalue weighted by atomic mass is 16.3. The summed E-state index contributed by atoms with van der Waals surface area (Å²) in [4.78, 5) is 12.4. The van der Waals surface area contributed by atoms with E-state index in [0.29, 0.717) is 24.2 Å². The van der Waals surface area contributed by atoms with Crippen LogP contribution in [0.4, 0.5) is 0 Å². The quantitative estimate of drug-likeness (QED) is 0.443. The number of rotatable bonds is 12. The van der Waals surface area contributed by atoms with Gasteiger partial charge in [-0.25, -0.2) is 0 Å². The summed E-state index contributed by atoms with van der Waals surface area (Å²) in [5.41, 5.74) is 1.24. The number of carbonyl (C=O) groups is 1. The molecule has 7 unspecified atom stereocenters. The van der Waals surface area contributed by atoms with Crippen molar-refractivity contribution in [1.29, 1.82) is 0 Å². The van der Waals surface area contributed by atoms with E-state index in [4.69, 9.17) is 0 Å². The summed E-state index contributed by atoms with van der Waals surface area (Å²) in [6.07, 6.45) is 12.3. The minimum absolute atomic E-state index is 0.0449. The molecule has 0 aromatic heterocycles. The van der Waals surface area contributed by atoms with Gasteiger partial charge in [-0.1, -0.05) is 51.8 Å². The molecule has 4 heteroatoms. The molecule has 2 rings (SSSR count). The molecule has 2 aliphatic rings. The summed E-state index contributed by atoms with van der Waals surface area (Å²) in [5.74, 6) is 1.56. The molecular formula is C25H42O4. The monoisotopic (exact) mass is 406 g/mol. The van der Waals surface area contributed by atoms with Crippen molar-refractivity contribution in [3.8, 4) is 0 Å². The zero-order valence-electron chi connectivity index (χ0n) is 18.6. The molecular weight excluding hydrogens is 364 g/mol. The lowest BCUT2D eigenvalue weighted by Crippen LogP contribution is -2.31. The maximum atomic E-state index is 12.4. The van der Waals surface area contributed by atoms with Crippen molar-refractivity contribution >= 4 is 5.78 Å². The van der Waals surface area contributed by atoms with E-state index >= 15 is 0 Å². The number of aliphatic hydroxyl groups excluding tert-OH is 3. The Morgan fingerprint density at radius 3 is 2.62 bits per heavy atom. The number of Topliss-reactive ketones (excluding diaryl/α,β-unsaturated/α-hetero) is 1. The van der Waals surface area contributed by atoms with Crippen molar-refractivity contribution in [2.75, 3.05) is 0 Å². The molecule has 0 aliphatic heterocycles. The van der Waals surface area contributed by atoms with Crippen LogP contribution in [0.2, 0.25) is 0 Å². The SMILES string of the molecule is CCCCC(CC)C(=O)CC(O)CC(O)CCC1C(C)C=CC2=CC(O)CCC21. The Bertz CT molecular complexity index is 567. The van der Waals surface area contributed by atoms with Crippen LogP contribution in [-0.4, -0.2) is 39.4 Å². The molecule has 0 aromatic carbocycles. The normalized spacial score (nSPS) is 29.7. The standard InChI is InChI=1S/C25H42O4/c1-4-6-7-18(5-2)25(29)16-22(28)15-21(27)10-12-23-17(3)8-9-19-14-20(26)11-13-24(19)23/h8-9,14,17-18,20-24,26-28H,4-7,10-13,15-16H2,1-3H3. The molecule has 0 bridgehead atoms. The highest BCUT2D eigenvalue weighted by molar-refractivity contribution is 5.81. The molecule has 0 amide bonds. The van der Waals surface area contributed by atoms with Crippen LogP contribution in [-0.2, 0) is 4.79 Å². The van der Waals surface area contributed by atoms with E-state index in [1.165, 1.54) is 5.57 Å². The largest absolute Gasteiger partial charge is 0.393 e. The van der Waals surface area contributed by atoms with Crippen LogP contribution in [0.1, 0.15) is 85.0 Å². The average Bonchev–Trinajstić information content (AvgIpc) is 2.67. The fourth-order valence-corrected chi connectivity index (χ4v) is 5.16. The number of ketones is 1.